The maximum atomic E-state index is 12.0. The summed E-state index contributed by atoms with van der Waals surface area (Å²) in [5.41, 5.74) is 2.22. The zero-order valence-corrected chi connectivity index (χ0v) is 13.2. The molecule has 0 radical (unpaired) electrons. The minimum absolute atomic E-state index is 0.0330. The normalized spacial score (nSPS) is 11.0. The van der Waals surface area contributed by atoms with Crippen molar-refractivity contribution in [1.82, 2.24) is 5.16 Å². The average Bonchev–Trinajstić information content (AvgIpc) is 2.96. The second-order valence-electron chi connectivity index (χ2n) is 5.16. The number of esters is 1. The van der Waals surface area contributed by atoms with E-state index in [1.807, 2.05) is 49.3 Å². The molecule has 0 amide bonds. The van der Waals surface area contributed by atoms with E-state index in [1.165, 1.54) is 6.08 Å². The number of hydrogen-bond acceptors (Lipinski definition) is 6. The smallest absolute Gasteiger partial charge is 0.349 e. The van der Waals surface area contributed by atoms with Gasteiger partial charge in [-0.2, -0.15) is 5.26 Å². The number of carbonyl (C=O) groups excluding carboxylic acids is 1. The Hall–Kier alpha value is -3.07. The van der Waals surface area contributed by atoms with Gasteiger partial charge in [0, 0.05) is 25.8 Å². The Bertz CT molecular complexity index is 752. The van der Waals surface area contributed by atoms with Gasteiger partial charge >= 0.3 is 5.97 Å². The molecule has 2 rings (SSSR count). The highest BCUT2D eigenvalue weighted by Crippen LogP contribution is 2.15. The molecule has 0 aliphatic heterocycles. The summed E-state index contributed by atoms with van der Waals surface area (Å²) < 4.78 is 9.95. The number of nitrogens with zero attached hydrogens (tertiary/aromatic N) is 3. The molecule has 2 aromatic rings. The van der Waals surface area contributed by atoms with Crippen molar-refractivity contribution in [1.29, 1.82) is 5.26 Å². The van der Waals surface area contributed by atoms with Crippen molar-refractivity contribution in [2.75, 3.05) is 19.0 Å². The van der Waals surface area contributed by atoms with Gasteiger partial charge in [-0.1, -0.05) is 17.3 Å². The van der Waals surface area contributed by atoms with Gasteiger partial charge in [0.2, 0.25) is 0 Å². The first-order valence-electron chi connectivity index (χ1n) is 6.98. The molecule has 0 unspecified atom stereocenters. The van der Waals surface area contributed by atoms with Gasteiger partial charge in [-0.25, -0.2) is 4.79 Å². The molecule has 0 aliphatic rings. The predicted molar refractivity (Wildman–Crippen MR) is 85.4 cm³/mol. The first-order valence-corrected chi connectivity index (χ1v) is 6.98. The maximum Gasteiger partial charge on any atom is 0.349 e. The number of hydrogen-bond donors (Lipinski definition) is 0. The van der Waals surface area contributed by atoms with Crippen LogP contribution in [0.25, 0.3) is 6.08 Å². The lowest BCUT2D eigenvalue weighted by Gasteiger charge is -2.11. The van der Waals surface area contributed by atoms with E-state index in [-0.39, 0.29) is 12.2 Å². The Morgan fingerprint density at radius 3 is 2.61 bits per heavy atom. The fourth-order valence-corrected chi connectivity index (χ4v) is 1.88. The van der Waals surface area contributed by atoms with Crippen LogP contribution in [0, 0.1) is 18.3 Å². The second-order valence-corrected chi connectivity index (χ2v) is 5.16. The van der Waals surface area contributed by atoms with Crippen molar-refractivity contribution in [2.45, 2.75) is 13.5 Å². The Kier molecular flexibility index (Phi) is 5.15. The summed E-state index contributed by atoms with van der Waals surface area (Å²) in [6, 6.07) is 11.0. The molecule has 0 spiro atoms. The summed E-state index contributed by atoms with van der Waals surface area (Å²) in [4.78, 5) is 13.9. The van der Waals surface area contributed by atoms with Gasteiger partial charge in [0.15, 0.2) is 0 Å². The van der Waals surface area contributed by atoms with Crippen LogP contribution >= 0.6 is 0 Å². The molecule has 0 saturated heterocycles. The van der Waals surface area contributed by atoms with E-state index >= 15 is 0 Å². The maximum absolute atomic E-state index is 12.0. The lowest BCUT2D eigenvalue weighted by molar-refractivity contribution is -0.139. The Labute approximate surface area is 134 Å². The summed E-state index contributed by atoms with van der Waals surface area (Å²) in [6.45, 7) is 1.71. The van der Waals surface area contributed by atoms with E-state index < -0.39 is 5.97 Å². The van der Waals surface area contributed by atoms with Crippen LogP contribution in [0.15, 0.2) is 40.4 Å². The molecule has 23 heavy (non-hydrogen) atoms. The van der Waals surface area contributed by atoms with Gasteiger partial charge in [0.25, 0.3) is 0 Å². The summed E-state index contributed by atoms with van der Waals surface area (Å²) in [6.07, 6.45) is 1.50. The number of nitriles is 1. The highest BCUT2D eigenvalue weighted by atomic mass is 16.5. The molecule has 6 heteroatoms. The SMILES string of the molecule is Cc1cc(COC(=O)/C(C#N)=C/c2ccc(N(C)C)cc2)no1. The van der Waals surface area contributed by atoms with Crippen LogP contribution in [0.3, 0.4) is 0 Å². The van der Waals surface area contributed by atoms with Crippen LogP contribution in [0.1, 0.15) is 17.0 Å². The van der Waals surface area contributed by atoms with Crippen molar-refractivity contribution in [3.8, 4) is 6.07 Å². The zero-order chi connectivity index (χ0) is 16.8. The van der Waals surface area contributed by atoms with E-state index in [2.05, 4.69) is 5.16 Å². The van der Waals surface area contributed by atoms with Crippen LogP contribution in [-0.2, 0) is 16.1 Å². The summed E-state index contributed by atoms with van der Waals surface area (Å²) in [5.74, 6) is -0.0575. The third kappa shape index (κ3) is 4.45. The fraction of sp³-hybridized carbons (Fsp3) is 0.235. The van der Waals surface area contributed by atoms with Crippen molar-refractivity contribution in [2.24, 2.45) is 0 Å². The molecule has 6 nitrogen and oxygen atoms in total. The van der Waals surface area contributed by atoms with Crippen LogP contribution in [0.2, 0.25) is 0 Å². The van der Waals surface area contributed by atoms with Crippen LogP contribution in [0.4, 0.5) is 5.69 Å². The lowest BCUT2D eigenvalue weighted by atomic mass is 10.1. The summed E-state index contributed by atoms with van der Waals surface area (Å²) in [7, 11) is 3.88. The van der Waals surface area contributed by atoms with E-state index in [9.17, 15) is 4.79 Å². The van der Waals surface area contributed by atoms with E-state index in [4.69, 9.17) is 14.5 Å². The van der Waals surface area contributed by atoms with Crippen LogP contribution < -0.4 is 4.90 Å². The van der Waals surface area contributed by atoms with Crippen molar-refractivity contribution >= 4 is 17.7 Å². The quantitative estimate of drug-likeness (QED) is 0.480. The number of anilines is 1. The number of aryl methyl sites for hydroxylation is 1. The topological polar surface area (TPSA) is 79.4 Å². The molecule has 0 N–H and O–H groups in total. The second kappa shape index (κ2) is 7.27. The standard InChI is InChI=1S/C17H17N3O3/c1-12-8-15(19-23-12)11-22-17(21)14(10-18)9-13-4-6-16(7-5-13)20(2)3/h4-9H,11H2,1-3H3/b14-9+. The molecule has 0 saturated carbocycles. The first kappa shape index (κ1) is 16.3. The molecular weight excluding hydrogens is 294 g/mol. The van der Waals surface area contributed by atoms with Gasteiger partial charge < -0.3 is 14.2 Å². The van der Waals surface area contributed by atoms with E-state index in [1.54, 1.807) is 13.0 Å². The predicted octanol–water partition coefficient (Wildman–Crippen LogP) is 2.70. The van der Waals surface area contributed by atoms with Crippen LogP contribution in [-0.4, -0.2) is 25.2 Å². The third-order valence-corrected chi connectivity index (χ3v) is 3.09. The minimum atomic E-state index is -0.690. The Morgan fingerprint density at radius 1 is 1.39 bits per heavy atom. The summed E-state index contributed by atoms with van der Waals surface area (Å²) in [5, 5.41) is 12.9. The molecule has 118 valence electrons. The largest absolute Gasteiger partial charge is 0.455 e. The number of aromatic nitrogens is 1. The molecule has 1 heterocycles. The van der Waals surface area contributed by atoms with Gasteiger partial charge in [0.1, 0.15) is 29.7 Å². The number of ether oxygens (including phenoxy) is 1. The average molecular weight is 311 g/mol. The van der Waals surface area contributed by atoms with Gasteiger partial charge in [-0.05, 0) is 30.7 Å². The van der Waals surface area contributed by atoms with Gasteiger partial charge in [0.05, 0.1) is 0 Å². The zero-order valence-electron chi connectivity index (χ0n) is 13.2. The third-order valence-electron chi connectivity index (χ3n) is 3.09. The van der Waals surface area contributed by atoms with Crippen molar-refractivity contribution in [3.63, 3.8) is 0 Å². The number of carbonyl (C=O) groups is 1. The molecule has 1 aromatic heterocycles. The Morgan fingerprint density at radius 2 is 2.09 bits per heavy atom. The molecule has 0 aliphatic carbocycles. The van der Waals surface area contributed by atoms with E-state index in [0.717, 1.165) is 11.3 Å². The van der Waals surface area contributed by atoms with E-state index in [0.29, 0.717) is 11.5 Å². The van der Waals surface area contributed by atoms with Gasteiger partial charge in [-0.3, -0.25) is 0 Å². The van der Waals surface area contributed by atoms with Gasteiger partial charge in [-0.15, -0.1) is 0 Å². The number of benzene rings is 1. The molecule has 0 bridgehead atoms. The monoisotopic (exact) mass is 311 g/mol. The highest BCUT2D eigenvalue weighted by Gasteiger charge is 2.12. The lowest BCUT2D eigenvalue weighted by Crippen LogP contribution is -2.08. The van der Waals surface area contributed by atoms with Crippen molar-refractivity contribution in [3.05, 3.63) is 52.9 Å². The molecule has 1 aromatic carbocycles. The Balaban J connectivity index is 2.05. The van der Waals surface area contributed by atoms with Crippen molar-refractivity contribution < 1.29 is 14.1 Å². The summed E-state index contributed by atoms with van der Waals surface area (Å²) >= 11 is 0. The number of rotatable bonds is 5. The molecular formula is C17H17N3O3. The fourth-order valence-electron chi connectivity index (χ4n) is 1.88. The molecule has 0 atom stereocenters. The minimum Gasteiger partial charge on any atom is -0.455 e. The first-order chi connectivity index (χ1) is 11.0. The molecule has 0 fully saturated rings. The van der Waals surface area contributed by atoms with Crippen LogP contribution in [0.5, 0.6) is 0 Å². The highest BCUT2D eigenvalue weighted by molar-refractivity contribution is 5.97.